The van der Waals surface area contributed by atoms with Crippen LogP contribution in [0, 0.1) is 20.8 Å². The van der Waals surface area contributed by atoms with Crippen molar-refractivity contribution in [2.45, 2.75) is 20.8 Å². The van der Waals surface area contributed by atoms with Crippen LogP contribution in [0.1, 0.15) is 16.7 Å². The highest BCUT2D eigenvalue weighted by Gasteiger charge is 2.09. The Kier molecular flexibility index (Phi) is 2.69. The molecular formula is C15H16O. The van der Waals surface area contributed by atoms with Gasteiger partial charge in [0.25, 0.3) is 0 Å². The Balaban J connectivity index is 2.68. The molecule has 2 aromatic carbocycles. The van der Waals surface area contributed by atoms with E-state index in [0.29, 0.717) is 5.75 Å². The van der Waals surface area contributed by atoms with Crippen molar-refractivity contribution < 1.29 is 5.11 Å². The fraction of sp³-hybridized carbons (Fsp3) is 0.200. The van der Waals surface area contributed by atoms with E-state index >= 15 is 0 Å². The zero-order valence-corrected chi connectivity index (χ0v) is 9.91. The predicted molar refractivity (Wildman–Crippen MR) is 67.8 cm³/mol. The molecule has 0 atom stereocenters. The number of hydrogen-bond acceptors (Lipinski definition) is 1. The molecule has 1 heteroatoms. The van der Waals surface area contributed by atoms with Crippen molar-refractivity contribution in [3.63, 3.8) is 0 Å². The van der Waals surface area contributed by atoms with Crippen LogP contribution in [0.2, 0.25) is 0 Å². The van der Waals surface area contributed by atoms with E-state index < -0.39 is 0 Å². The number of rotatable bonds is 1. The fourth-order valence-electron chi connectivity index (χ4n) is 2.09. The van der Waals surface area contributed by atoms with Crippen LogP contribution in [0.5, 0.6) is 5.75 Å². The molecule has 0 saturated heterocycles. The Labute approximate surface area is 96.4 Å². The van der Waals surface area contributed by atoms with Gasteiger partial charge in [-0.1, -0.05) is 30.3 Å². The van der Waals surface area contributed by atoms with E-state index in [1.54, 1.807) is 6.07 Å². The number of benzene rings is 2. The molecule has 0 aliphatic carbocycles. The fourth-order valence-corrected chi connectivity index (χ4v) is 2.09. The molecule has 0 bridgehead atoms. The Hall–Kier alpha value is -1.76. The third-order valence-corrected chi connectivity index (χ3v) is 2.90. The third kappa shape index (κ3) is 1.81. The molecule has 0 aliphatic heterocycles. The number of aryl methyl sites for hydroxylation is 3. The van der Waals surface area contributed by atoms with Crippen LogP contribution in [-0.2, 0) is 0 Å². The summed E-state index contributed by atoms with van der Waals surface area (Å²) in [5.74, 6) is 0.359. The van der Waals surface area contributed by atoms with Gasteiger partial charge in [0, 0.05) is 5.56 Å². The lowest BCUT2D eigenvalue weighted by molar-refractivity contribution is 0.477. The molecule has 0 aliphatic rings. The van der Waals surface area contributed by atoms with Crippen LogP contribution >= 0.6 is 0 Å². The van der Waals surface area contributed by atoms with Crippen LogP contribution in [0.25, 0.3) is 11.1 Å². The number of hydrogen-bond donors (Lipinski definition) is 1. The van der Waals surface area contributed by atoms with Crippen LogP contribution in [0.15, 0.2) is 36.4 Å². The van der Waals surface area contributed by atoms with Crippen molar-refractivity contribution in [2.75, 3.05) is 0 Å². The van der Waals surface area contributed by atoms with Crippen molar-refractivity contribution >= 4 is 0 Å². The van der Waals surface area contributed by atoms with Crippen LogP contribution in [0.3, 0.4) is 0 Å². The summed E-state index contributed by atoms with van der Waals surface area (Å²) in [4.78, 5) is 0. The van der Waals surface area contributed by atoms with Crippen molar-refractivity contribution in [3.8, 4) is 16.9 Å². The minimum Gasteiger partial charge on any atom is -0.507 e. The number of phenolic OH excluding ortho intramolecular Hbond substituents is 1. The first-order valence-corrected chi connectivity index (χ1v) is 5.46. The molecule has 1 nitrogen and oxygen atoms in total. The molecule has 2 aromatic rings. The van der Waals surface area contributed by atoms with Gasteiger partial charge in [0.1, 0.15) is 5.75 Å². The maximum absolute atomic E-state index is 9.99. The maximum Gasteiger partial charge on any atom is 0.123 e. The predicted octanol–water partition coefficient (Wildman–Crippen LogP) is 3.98. The minimum atomic E-state index is 0.359. The van der Waals surface area contributed by atoms with Crippen molar-refractivity contribution in [2.24, 2.45) is 0 Å². The highest BCUT2D eigenvalue weighted by atomic mass is 16.3. The standard InChI is InChI=1S/C15H16O/c1-10-7-8-13(14(16)9-10)15-11(2)5-4-6-12(15)3/h4-9,16H,1-3H3. The zero-order chi connectivity index (χ0) is 11.7. The maximum atomic E-state index is 9.99. The van der Waals surface area contributed by atoms with Crippen molar-refractivity contribution in [3.05, 3.63) is 53.1 Å². The lowest BCUT2D eigenvalue weighted by Crippen LogP contribution is -1.88. The monoisotopic (exact) mass is 212 g/mol. The largest absolute Gasteiger partial charge is 0.507 e. The number of aromatic hydroxyl groups is 1. The Morgan fingerprint density at radius 2 is 1.50 bits per heavy atom. The van der Waals surface area contributed by atoms with Crippen LogP contribution in [0.4, 0.5) is 0 Å². The van der Waals surface area contributed by atoms with Crippen molar-refractivity contribution in [1.82, 2.24) is 0 Å². The van der Waals surface area contributed by atoms with Gasteiger partial charge >= 0.3 is 0 Å². The lowest BCUT2D eigenvalue weighted by Gasteiger charge is -2.11. The molecule has 0 radical (unpaired) electrons. The van der Waals surface area contributed by atoms with E-state index in [9.17, 15) is 5.11 Å². The average molecular weight is 212 g/mol. The van der Waals surface area contributed by atoms with Crippen LogP contribution < -0.4 is 0 Å². The van der Waals surface area contributed by atoms with E-state index in [1.165, 1.54) is 11.1 Å². The Morgan fingerprint density at radius 3 is 2.06 bits per heavy atom. The Morgan fingerprint density at radius 1 is 0.875 bits per heavy atom. The molecule has 0 unspecified atom stereocenters. The zero-order valence-electron chi connectivity index (χ0n) is 9.91. The highest BCUT2D eigenvalue weighted by molar-refractivity contribution is 5.76. The molecule has 16 heavy (non-hydrogen) atoms. The summed E-state index contributed by atoms with van der Waals surface area (Å²) in [7, 11) is 0. The van der Waals surface area contributed by atoms with Crippen LogP contribution in [-0.4, -0.2) is 5.11 Å². The van der Waals surface area contributed by atoms with Gasteiger partial charge < -0.3 is 5.11 Å². The first kappa shape index (κ1) is 10.7. The summed E-state index contributed by atoms with van der Waals surface area (Å²) in [6, 6.07) is 12.0. The highest BCUT2D eigenvalue weighted by Crippen LogP contribution is 2.34. The van der Waals surface area contributed by atoms with Gasteiger partial charge in [-0.2, -0.15) is 0 Å². The normalized spacial score (nSPS) is 10.4. The minimum absolute atomic E-state index is 0.359. The Bertz CT molecular complexity index is 507. The molecule has 1 N–H and O–H groups in total. The van der Waals surface area contributed by atoms with Gasteiger partial charge in [0.05, 0.1) is 0 Å². The molecule has 2 rings (SSSR count). The summed E-state index contributed by atoms with van der Waals surface area (Å²) in [5, 5.41) is 9.99. The van der Waals surface area contributed by atoms with Gasteiger partial charge in [-0.3, -0.25) is 0 Å². The lowest BCUT2D eigenvalue weighted by atomic mass is 9.94. The van der Waals surface area contributed by atoms with Crippen molar-refractivity contribution in [1.29, 1.82) is 0 Å². The second-order valence-corrected chi connectivity index (χ2v) is 4.29. The molecular weight excluding hydrogens is 196 g/mol. The summed E-state index contributed by atoms with van der Waals surface area (Å²) >= 11 is 0. The summed E-state index contributed by atoms with van der Waals surface area (Å²) in [5.41, 5.74) is 5.52. The number of phenols is 1. The molecule has 0 saturated carbocycles. The smallest absolute Gasteiger partial charge is 0.123 e. The molecule has 82 valence electrons. The van der Waals surface area contributed by atoms with E-state index in [0.717, 1.165) is 16.7 Å². The second-order valence-electron chi connectivity index (χ2n) is 4.29. The van der Waals surface area contributed by atoms with Gasteiger partial charge in [-0.25, -0.2) is 0 Å². The summed E-state index contributed by atoms with van der Waals surface area (Å²) in [6.45, 7) is 6.12. The molecule has 0 aromatic heterocycles. The van der Waals surface area contributed by atoms with E-state index in [1.807, 2.05) is 25.1 Å². The topological polar surface area (TPSA) is 20.2 Å². The van der Waals surface area contributed by atoms with Gasteiger partial charge in [0.15, 0.2) is 0 Å². The van der Waals surface area contributed by atoms with E-state index in [4.69, 9.17) is 0 Å². The van der Waals surface area contributed by atoms with Gasteiger partial charge in [0.2, 0.25) is 0 Å². The summed E-state index contributed by atoms with van der Waals surface area (Å²) < 4.78 is 0. The quantitative estimate of drug-likeness (QED) is 0.758. The second kappa shape index (κ2) is 4.01. The molecule has 0 fully saturated rings. The van der Waals surface area contributed by atoms with Gasteiger partial charge in [-0.15, -0.1) is 0 Å². The average Bonchev–Trinajstić information content (AvgIpc) is 2.20. The van der Waals surface area contributed by atoms with E-state index in [-0.39, 0.29) is 0 Å². The summed E-state index contributed by atoms with van der Waals surface area (Å²) in [6.07, 6.45) is 0. The molecule has 0 heterocycles. The molecule has 0 amide bonds. The van der Waals surface area contributed by atoms with Gasteiger partial charge in [-0.05, 0) is 49.1 Å². The van der Waals surface area contributed by atoms with E-state index in [2.05, 4.69) is 26.0 Å². The first-order chi connectivity index (χ1) is 7.59. The first-order valence-electron chi connectivity index (χ1n) is 5.46. The third-order valence-electron chi connectivity index (χ3n) is 2.90. The molecule has 0 spiro atoms. The SMILES string of the molecule is Cc1ccc(-c2c(C)cccc2C)c(O)c1.